The van der Waals surface area contributed by atoms with Gasteiger partial charge in [-0.05, 0) is 43.7 Å². The average molecular weight is 295 g/mol. The maximum absolute atomic E-state index is 12.0. The van der Waals surface area contributed by atoms with Crippen LogP contribution in [0.3, 0.4) is 0 Å². The van der Waals surface area contributed by atoms with Crippen molar-refractivity contribution in [3.8, 4) is 0 Å². The first-order valence-electron chi connectivity index (χ1n) is 7.28. The highest BCUT2D eigenvalue weighted by Gasteiger charge is 2.15. The lowest BCUT2D eigenvalue weighted by Crippen LogP contribution is -2.24. The normalized spacial score (nSPS) is 15.0. The molecule has 0 aliphatic heterocycles. The number of carbonyl (C=O) groups excluding carboxylic acids is 1. The zero-order valence-electron chi connectivity index (χ0n) is 11.6. The van der Waals surface area contributed by atoms with Crippen LogP contribution in [0.15, 0.2) is 6.07 Å². The van der Waals surface area contributed by atoms with Crippen molar-refractivity contribution in [3.05, 3.63) is 21.4 Å². The van der Waals surface area contributed by atoms with Gasteiger partial charge in [-0.15, -0.1) is 11.3 Å². The highest BCUT2D eigenvalue weighted by molar-refractivity contribution is 7.14. The summed E-state index contributed by atoms with van der Waals surface area (Å²) >= 11 is 1.60. The van der Waals surface area contributed by atoms with E-state index >= 15 is 0 Å². The summed E-state index contributed by atoms with van der Waals surface area (Å²) in [5.74, 6) is -0.884. The van der Waals surface area contributed by atoms with Crippen molar-refractivity contribution in [2.24, 2.45) is 0 Å². The molecule has 1 aromatic rings. The number of hydrogen-bond donors (Lipinski definition) is 2. The smallest absolute Gasteiger partial charge is 0.303 e. The first kappa shape index (κ1) is 15.0. The number of thiophene rings is 1. The van der Waals surface area contributed by atoms with Crippen LogP contribution in [-0.2, 0) is 17.6 Å². The van der Waals surface area contributed by atoms with Gasteiger partial charge in [0.05, 0.1) is 4.88 Å². The van der Waals surface area contributed by atoms with Crippen LogP contribution >= 0.6 is 11.3 Å². The van der Waals surface area contributed by atoms with Crippen LogP contribution in [0.5, 0.6) is 0 Å². The first-order chi connectivity index (χ1) is 9.66. The summed E-state index contributed by atoms with van der Waals surface area (Å²) in [7, 11) is 0. The third-order valence-corrected chi connectivity index (χ3v) is 4.81. The van der Waals surface area contributed by atoms with Crippen LogP contribution in [0.25, 0.3) is 0 Å². The molecular formula is C15H21NO3S. The Balaban J connectivity index is 1.89. The number of rotatable bonds is 5. The molecule has 1 heterocycles. The second kappa shape index (κ2) is 7.43. The van der Waals surface area contributed by atoms with Gasteiger partial charge >= 0.3 is 5.97 Å². The van der Waals surface area contributed by atoms with Crippen LogP contribution in [0.2, 0.25) is 0 Å². The number of carboxylic acid groups (broad SMARTS) is 1. The predicted octanol–water partition coefficient (Wildman–Crippen LogP) is 3.00. The number of carbonyl (C=O) groups is 2. The summed E-state index contributed by atoms with van der Waals surface area (Å²) in [6.45, 7) is 0.424. The fourth-order valence-corrected chi connectivity index (χ4v) is 3.65. The number of amides is 1. The Labute approximate surface area is 123 Å². The molecule has 0 fully saturated rings. The van der Waals surface area contributed by atoms with E-state index in [0.717, 1.165) is 17.7 Å². The molecule has 2 rings (SSSR count). The van der Waals surface area contributed by atoms with Crippen molar-refractivity contribution >= 4 is 23.2 Å². The van der Waals surface area contributed by atoms with Crippen molar-refractivity contribution in [2.75, 3.05) is 6.54 Å². The van der Waals surface area contributed by atoms with Crippen molar-refractivity contribution in [1.29, 1.82) is 0 Å². The summed E-state index contributed by atoms with van der Waals surface area (Å²) in [6.07, 6.45) is 7.74. The van der Waals surface area contributed by atoms with E-state index in [2.05, 4.69) is 5.32 Å². The van der Waals surface area contributed by atoms with E-state index < -0.39 is 5.97 Å². The van der Waals surface area contributed by atoms with E-state index in [1.165, 1.54) is 36.1 Å². The van der Waals surface area contributed by atoms with Gasteiger partial charge in [0.2, 0.25) is 0 Å². The SMILES string of the molecule is O=C(O)CCCNC(=O)c1cc2c(s1)CCCCCC2. The fraction of sp³-hybridized carbons (Fsp3) is 0.600. The van der Waals surface area contributed by atoms with Gasteiger partial charge < -0.3 is 10.4 Å². The van der Waals surface area contributed by atoms with Gasteiger partial charge in [-0.3, -0.25) is 9.59 Å². The zero-order valence-corrected chi connectivity index (χ0v) is 12.4. The lowest BCUT2D eigenvalue weighted by Gasteiger charge is -2.07. The van der Waals surface area contributed by atoms with E-state index in [0.29, 0.717) is 13.0 Å². The van der Waals surface area contributed by atoms with Crippen LogP contribution < -0.4 is 5.32 Å². The highest BCUT2D eigenvalue weighted by Crippen LogP contribution is 2.28. The fourth-order valence-electron chi connectivity index (χ4n) is 2.48. The van der Waals surface area contributed by atoms with Gasteiger partial charge in [-0.25, -0.2) is 0 Å². The molecule has 1 amide bonds. The molecule has 20 heavy (non-hydrogen) atoms. The Bertz CT molecular complexity index is 456. The molecule has 110 valence electrons. The van der Waals surface area contributed by atoms with E-state index in [9.17, 15) is 9.59 Å². The van der Waals surface area contributed by atoms with E-state index in [-0.39, 0.29) is 12.3 Å². The Morgan fingerprint density at radius 1 is 1.20 bits per heavy atom. The molecular weight excluding hydrogens is 274 g/mol. The summed E-state index contributed by atoms with van der Waals surface area (Å²) < 4.78 is 0. The zero-order chi connectivity index (χ0) is 14.4. The van der Waals surface area contributed by atoms with Crippen molar-refractivity contribution < 1.29 is 14.7 Å². The molecule has 0 aromatic carbocycles. The van der Waals surface area contributed by atoms with Gasteiger partial charge in [-0.2, -0.15) is 0 Å². The quantitative estimate of drug-likeness (QED) is 0.821. The second-order valence-electron chi connectivity index (χ2n) is 5.23. The summed E-state index contributed by atoms with van der Waals surface area (Å²) in [5, 5.41) is 11.4. The number of aliphatic carboxylic acids is 1. The Hall–Kier alpha value is -1.36. The minimum absolute atomic E-state index is 0.0628. The van der Waals surface area contributed by atoms with Crippen LogP contribution in [-0.4, -0.2) is 23.5 Å². The Kier molecular flexibility index (Phi) is 5.59. The van der Waals surface area contributed by atoms with Gasteiger partial charge in [-0.1, -0.05) is 12.8 Å². The molecule has 0 saturated carbocycles. The van der Waals surface area contributed by atoms with Crippen LogP contribution in [0, 0.1) is 0 Å². The van der Waals surface area contributed by atoms with Gasteiger partial charge in [0.25, 0.3) is 5.91 Å². The minimum Gasteiger partial charge on any atom is -0.481 e. The van der Waals surface area contributed by atoms with Crippen LogP contribution in [0.1, 0.15) is 58.6 Å². The molecule has 5 heteroatoms. The molecule has 2 N–H and O–H groups in total. The van der Waals surface area contributed by atoms with Crippen molar-refractivity contribution in [2.45, 2.75) is 51.4 Å². The molecule has 0 atom stereocenters. The van der Waals surface area contributed by atoms with Gasteiger partial charge in [0.15, 0.2) is 0 Å². The molecule has 4 nitrogen and oxygen atoms in total. The maximum atomic E-state index is 12.0. The highest BCUT2D eigenvalue weighted by atomic mass is 32.1. The summed E-state index contributed by atoms with van der Waals surface area (Å²) in [4.78, 5) is 24.6. The third kappa shape index (κ3) is 4.34. The largest absolute Gasteiger partial charge is 0.481 e. The molecule has 1 aliphatic carbocycles. The van der Waals surface area contributed by atoms with E-state index in [1.54, 1.807) is 11.3 Å². The molecule has 0 saturated heterocycles. The maximum Gasteiger partial charge on any atom is 0.303 e. The second-order valence-corrected chi connectivity index (χ2v) is 6.36. The molecule has 0 spiro atoms. The van der Waals surface area contributed by atoms with Crippen molar-refractivity contribution in [3.63, 3.8) is 0 Å². The third-order valence-electron chi connectivity index (χ3n) is 3.57. The molecule has 1 aliphatic rings. The molecule has 0 radical (unpaired) electrons. The molecule has 0 unspecified atom stereocenters. The lowest BCUT2D eigenvalue weighted by molar-refractivity contribution is -0.137. The number of hydrogen-bond acceptors (Lipinski definition) is 3. The van der Waals surface area contributed by atoms with Crippen molar-refractivity contribution in [1.82, 2.24) is 5.32 Å². The monoisotopic (exact) mass is 295 g/mol. The lowest BCUT2D eigenvalue weighted by atomic mass is 10.00. The standard InChI is InChI=1S/C15H21NO3S/c17-14(18)8-5-9-16-15(19)13-10-11-6-3-1-2-4-7-12(11)20-13/h10H,1-9H2,(H,16,19)(H,17,18). The predicted molar refractivity (Wildman–Crippen MR) is 79.4 cm³/mol. The van der Waals surface area contributed by atoms with E-state index in [4.69, 9.17) is 5.11 Å². The summed E-state index contributed by atoms with van der Waals surface area (Å²) in [6, 6.07) is 2.03. The Morgan fingerprint density at radius 3 is 2.70 bits per heavy atom. The van der Waals surface area contributed by atoms with Crippen LogP contribution in [0.4, 0.5) is 0 Å². The van der Waals surface area contributed by atoms with Gasteiger partial charge in [0.1, 0.15) is 0 Å². The number of aryl methyl sites for hydroxylation is 2. The minimum atomic E-state index is -0.821. The van der Waals surface area contributed by atoms with E-state index in [1.807, 2.05) is 6.07 Å². The average Bonchev–Trinajstić information content (AvgIpc) is 2.77. The Morgan fingerprint density at radius 2 is 1.95 bits per heavy atom. The van der Waals surface area contributed by atoms with Gasteiger partial charge in [0, 0.05) is 17.8 Å². The topological polar surface area (TPSA) is 66.4 Å². The first-order valence-corrected chi connectivity index (χ1v) is 8.10. The number of nitrogens with one attached hydrogen (secondary N) is 1. The molecule has 1 aromatic heterocycles. The molecule has 0 bridgehead atoms. The number of carboxylic acids is 1. The number of fused-ring (bicyclic) bond motifs is 1. The summed E-state index contributed by atoms with van der Waals surface area (Å²) in [5.41, 5.74) is 1.34.